The molecule has 0 aliphatic heterocycles. The zero-order chi connectivity index (χ0) is 23.8. The number of rotatable bonds is 10. The van der Waals surface area contributed by atoms with E-state index in [-0.39, 0.29) is 0 Å². The van der Waals surface area contributed by atoms with Crippen molar-refractivity contribution in [1.29, 1.82) is 0 Å². The summed E-state index contributed by atoms with van der Waals surface area (Å²) in [6, 6.07) is 36.7. The SMILES string of the molecule is CCCOc1ccc(C(c2ccccc2)(c2ccccc2)c2ccc(OCCC)c(I)c2)cc1. The van der Waals surface area contributed by atoms with Gasteiger partial charge in [-0.25, -0.2) is 0 Å². The Kier molecular flexibility index (Phi) is 8.28. The molecule has 4 aromatic carbocycles. The van der Waals surface area contributed by atoms with Crippen LogP contribution in [0.4, 0.5) is 0 Å². The molecule has 0 aliphatic carbocycles. The molecule has 0 unspecified atom stereocenters. The van der Waals surface area contributed by atoms with Crippen molar-refractivity contribution in [1.82, 2.24) is 0 Å². The number of benzene rings is 4. The largest absolute Gasteiger partial charge is 0.494 e. The first-order valence-corrected chi connectivity index (χ1v) is 13.0. The molecule has 0 spiro atoms. The van der Waals surface area contributed by atoms with Gasteiger partial charge in [0, 0.05) is 0 Å². The highest BCUT2D eigenvalue weighted by molar-refractivity contribution is 14.1. The van der Waals surface area contributed by atoms with E-state index in [4.69, 9.17) is 9.47 Å². The molecule has 0 saturated heterocycles. The van der Waals surface area contributed by atoms with Crippen molar-refractivity contribution >= 4 is 22.6 Å². The molecule has 0 N–H and O–H groups in total. The highest BCUT2D eigenvalue weighted by Crippen LogP contribution is 2.46. The fourth-order valence-electron chi connectivity index (χ4n) is 4.46. The quantitative estimate of drug-likeness (QED) is 0.143. The topological polar surface area (TPSA) is 18.5 Å². The van der Waals surface area contributed by atoms with Gasteiger partial charge < -0.3 is 9.47 Å². The Balaban J connectivity index is 1.96. The van der Waals surface area contributed by atoms with Gasteiger partial charge in [-0.15, -0.1) is 0 Å². The summed E-state index contributed by atoms with van der Waals surface area (Å²) >= 11 is 2.40. The minimum atomic E-state index is -0.477. The van der Waals surface area contributed by atoms with E-state index in [2.05, 4.69) is 140 Å². The summed E-state index contributed by atoms with van der Waals surface area (Å²) in [4.78, 5) is 0. The molecule has 0 amide bonds. The Hall–Kier alpha value is -2.79. The van der Waals surface area contributed by atoms with Crippen LogP contribution >= 0.6 is 22.6 Å². The molecule has 0 heterocycles. The molecule has 0 aliphatic rings. The Morgan fingerprint density at radius 2 is 1.09 bits per heavy atom. The Labute approximate surface area is 217 Å². The molecule has 0 saturated carbocycles. The van der Waals surface area contributed by atoms with Gasteiger partial charge in [-0.3, -0.25) is 0 Å². The third-order valence-electron chi connectivity index (χ3n) is 6.00. The normalized spacial score (nSPS) is 11.3. The molecule has 4 rings (SSSR count). The van der Waals surface area contributed by atoms with Crippen LogP contribution in [0.15, 0.2) is 103 Å². The van der Waals surface area contributed by atoms with E-state index in [9.17, 15) is 0 Å². The first-order valence-electron chi connectivity index (χ1n) is 12.0. The zero-order valence-corrected chi connectivity index (χ0v) is 22.0. The summed E-state index contributed by atoms with van der Waals surface area (Å²) in [6.07, 6.45) is 1.98. The molecule has 3 heteroatoms. The second-order valence-corrected chi connectivity index (χ2v) is 9.51. The molecule has 4 aromatic rings. The van der Waals surface area contributed by atoms with E-state index in [0.717, 1.165) is 41.1 Å². The summed E-state index contributed by atoms with van der Waals surface area (Å²) in [7, 11) is 0. The van der Waals surface area contributed by atoms with Crippen LogP contribution in [0.2, 0.25) is 0 Å². The van der Waals surface area contributed by atoms with Crippen LogP contribution in [0, 0.1) is 3.57 Å². The highest BCUT2D eigenvalue weighted by Gasteiger charge is 2.38. The molecular weight excluding hydrogens is 531 g/mol. The maximum absolute atomic E-state index is 6.00. The van der Waals surface area contributed by atoms with Crippen molar-refractivity contribution in [3.05, 3.63) is 129 Å². The van der Waals surface area contributed by atoms with Crippen LogP contribution in [0.1, 0.15) is 48.9 Å². The van der Waals surface area contributed by atoms with E-state index >= 15 is 0 Å². The number of ether oxygens (including phenoxy) is 2. The van der Waals surface area contributed by atoms with Gasteiger partial charge in [0.25, 0.3) is 0 Å². The van der Waals surface area contributed by atoms with Crippen molar-refractivity contribution in [2.75, 3.05) is 13.2 Å². The lowest BCUT2D eigenvalue weighted by molar-refractivity contribution is 0.315. The van der Waals surface area contributed by atoms with Gasteiger partial charge >= 0.3 is 0 Å². The lowest BCUT2D eigenvalue weighted by Crippen LogP contribution is -2.31. The summed E-state index contributed by atoms with van der Waals surface area (Å²) in [6.45, 7) is 5.70. The van der Waals surface area contributed by atoms with Gasteiger partial charge in [-0.1, -0.05) is 92.7 Å². The van der Waals surface area contributed by atoms with Gasteiger partial charge in [0.15, 0.2) is 0 Å². The van der Waals surface area contributed by atoms with Crippen LogP contribution in [0.5, 0.6) is 11.5 Å². The van der Waals surface area contributed by atoms with Gasteiger partial charge in [0.1, 0.15) is 11.5 Å². The second kappa shape index (κ2) is 11.6. The second-order valence-electron chi connectivity index (χ2n) is 8.35. The van der Waals surface area contributed by atoms with Gasteiger partial charge in [0.2, 0.25) is 0 Å². The van der Waals surface area contributed by atoms with E-state index in [1.165, 1.54) is 22.3 Å². The molecule has 34 heavy (non-hydrogen) atoms. The smallest absolute Gasteiger partial charge is 0.132 e. The summed E-state index contributed by atoms with van der Waals surface area (Å²) < 4.78 is 13.0. The van der Waals surface area contributed by atoms with Crippen molar-refractivity contribution in [2.24, 2.45) is 0 Å². The Morgan fingerprint density at radius 1 is 0.588 bits per heavy atom. The maximum Gasteiger partial charge on any atom is 0.132 e. The van der Waals surface area contributed by atoms with E-state index in [1.54, 1.807) is 0 Å². The molecule has 0 aromatic heterocycles. The number of hydrogen-bond acceptors (Lipinski definition) is 2. The number of hydrogen-bond donors (Lipinski definition) is 0. The first-order chi connectivity index (χ1) is 16.7. The summed E-state index contributed by atoms with van der Waals surface area (Å²) in [5.74, 6) is 1.84. The molecule has 0 atom stereocenters. The summed E-state index contributed by atoms with van der Waals surface area (Å²) in [5.41, 5.74) is 4.38. The highest BCUT2D eigenvalue weighted by atomic mass is 127. The van der Waals surface area contributed by atoms with Gasteiger partial charge in [-0.2, -0.15) is 0 Å². The van der Waals surface area contributed by atoms with E-state index in [0.29, 0.717) is 0 Å². The molecular formula is C31H31IO2. The first kappa shape index (κ1) is 24.3. The van der Waals surface area contributed by atoms with Crippen molar-refractivity contribution in [3.8, 4) is 11.5 Å². The fraction of sp³-hybridized carbons (Fsp3) is 0.226. The van der Waals surface area contributed by atoms with Gasteiger partial charge in [-0.05, 0) is 82.0 Å². The third-order valence-corrected chi connectivity index (χ3v) is 6.84. The minimum absolute atomic E-state index is 0.477. The Bertz CT molecular complexity index is 1130. The van der Waals surface area contributed by atoms with Gasteiger partial charge in [0.05, 0.1) is 22.2 Å². The van der Waals surface area contributed by atoms with E-state index in [1.807, 2.05) is 0 Å². The van der Waals surface area contributed by atoms with Crippen molar-refractivity contribution in [3.63, 3.8) is 0 Å². The molecule has 2 nitrogen and oxygen atoms in total. The fourth-order valence-corrected chi connectivity index (χ4v) is 5.13. The van der Waals surface area contributed by atoms with Crippen molar-refractivity contribution < 1.29 is 9.47 Å². The average Bonchev–Trinajstić information content (AvgIpc) is 2.89. The van der Waals surface area contributed by atoms with E-state index < -0.39 is 5.41 Å². The van der Waals surface area contributed by atoms with Crippen molar-refractivity contribution in [2.45, 2.75) is 32.1 Å². The number of halogens is 1. The van der Waals surface area contributed by atoms with Crippen LogP contribution in [0.25, 0.3) is 0 Å². The standard InChI is InChI=1S/C31H31IO2/c1-3-21-33-28-18-15-26(16-19-28)31(24-11-7-5-8-12-24,25-13-9-6-10-14-25)27-17-20-30(29(32)23-27)34-22-4-2/h5-20,23H,3-4,21-22H2,1-2H3. The maximum atomic E-state index is 6.00. The predicted octanol–water partition coefficient (Wildman–Crippen LogP) is 8.25. The van der Waals surface area contributed by atoms with Crippen LogP contribution in [0.3, 0.4) is 0 Å². The zero-order valence-electron chi connectivity index (χ0n) is 19.8. The molecule has 174 valence electrons. The molecule has 0 radical (unpaired) electrons. The third kappa shape index (κ3) is 5.00. The van der Waals surface area contributed by atoms with Crippen LogP contribution in [-0.2, 0) is 5.41 Å². The molecule has 0 bridgehead atoms. The summed E-state index contributed by atoms with van der Waals surface area (Å²) in [5, 5.41) is 0. The van der Waals surface area contributed by atoms with Crippen LogP contribution in [-0.4, -0.2) is 13.2 Å². The lowest BCUT2D eigenvalue weighted by atomic mass is 9.65. The lowest BCUT2D eigenvalue weighted by Gasteiger charge is -2.37. The minimum Gasteiger partial charge on any atom is -0.494 e. The average molecular weight is 562 g/mol. The Morgan fingerprint density at radius 3 is 1.62 bits per heavy atom. The predicted molar refractivity (Wildman–Crippen MR) is 149 cm³/mol. The van der Waals surface area contributed by atoms with Crippen LogP contribution < -0.4 is 9.47 Å². The monoisotopic (exact) mass is 562 g/mol. The molecule has 0 fully saturated rings.